The number of hydrogen-bond acceptors (Lipinski definition) is 16. The monoisotopic (exact) mass is 1060 g/mol. The van der Waals surface area contributed by atoms with Gasteiger partial charge in [0.05, 0.1) is 37.1 Å². The summed E-state index contributed by atoms with van der Waals surface area (Å²) < 4.78 is 52.3. The summed E-state index contributed by atoms with van der Waals surface area (Å²) in [7, 11) is -11.5. The summed E-state index contributed by atoms with van der Waals surface area (Å²) in [5.41, 5.74) is 0. The summed E-state index contributed by atoms with van der Waals surface area (Å²) in [6.07, 6.45) is 14.6. The van der Waals surface area contributed by atoms with E-state index >= 15 is 0 Å². The molecule has 0 spiro atoms. The number of ether oxygens (including phenoxy) is 2. The second kappa shape index (κ2) is 36.9. The molecule has 10 N–H and O–H groups in total. The van der Waals surface area contributed by atoms with E-state index in [1.165, 1.54) is 12.2 Å². The molecule has 13 atom stereocenters. The summed E-state index contributed by atoms with van der Waals surface area (Å²) in [5.74, 6) is -4.58. The minimum Gasteiger partial charge on any atom is -0.462 e. The zero-order valence-corrected chi connectivity index (χ0v) is 43.7. The third kappa shape index (κ3) is 28.1. The lowest BCUT2D eigenvalue weighted by molar-refractivity contribution is -0.165. The number of carbonyl (C=O) groups is 2. The first kappa shape index (κ1) is 65.2. The second-order valence-corrected chi connectivity index (χ2v) is 20.7. The molecule has 1 heterocycles. The molecule has 21 heteroatoms. The molecule has 2 aliphatic rings. The first-order valence-corrected chi connectivity index (χ1v) is 28.4. The van der Waals surface area contributed by atoms with E-state index < -0.39 is 120 Å². The average Bonchev–Trinajstić information content (AvgIpc) is 3.32. The lowest BCUT2D eigenvalue weighted by Crippen LogP contribution is -2.56. The summed E-state index contributed by atoms with van der Waals surface area (Å²) in [4.78, 5) is 56.8. The van der Waals surface area contributed by atoms with Crippen LogP contribution in [0.4, 0.5) is 0 Å². The topological polar surface area (TPSA) is 317 Å². The van der Waals surface area contributed by atoms with Gasteiger partial charge < -0.3 is 59.9 Å². The van der Waals surface area contributed by atoms with Crippen LogP contribution < -0.4 is 0 Å². The number of phosphoric ester groups is 2. The molecule has 0 radical (unpaired) electrons. The Balaban J connectivity index is 2.28. The molecule has 0 amide bonds. The van der Waals surface area contributed by atoms with Crippen molar-refractivity contribution in [2.24, 2.45) is 11.8 Å². The van der Waals surface area contributed by atoms with Crippen LogP contribution in [0.1, 0.15) is 136 Å². The molecule has 0 saturated heterocycles. The van der Waals surface area contributed by atoms with Crippen molar-refractivity contribution in [3.8, 4) is 0 Å². The smallest absolute Gasteiger partial charge is 0.462 e. The highest BCUT2D eigenvalue weighted by Gasteiger charge is 2.51. The fourth-order valence-electron chi connectivity index (χ4n) is 7.98. The van der Waals surface area contributed by atoms with Crippen LogP contribution in [0.2, 0.25) is 0 Å². The van der Waals surface area contributed by atoms with Crippen molar-refractivity contribution >= 4 is 27.6 Å². The maximum Gasteiger partial charge on any atom is 0.472 e. The number of carbonyl (C=O) groups excluding carboxylic acids is 2. The van der Waals surface area contributed by atoms with Gasteiger partial charge in [0.2, 0.25) is 0 Å². The average molecular weight is 1060 g/mol. The molecule has 0 aromatic rings. The van der Waals surface area contributed by atoms with E-state index in [9.17, 15) is 69.1 Å². The first-order valence-electron chi connectivity index (χ1n) is 25.4. The third-order valence-corrected chi connectivity index (χ3v) is 13.5. The van der Waals surface area contributed by atoms with Gasteiger partial charge in [-0.1, -0.05) is 125 Å². The molecule has 1 aliphatic carbocycles. The molecular formula is C51H84O19P2. The van der Waals surface area contributed by atoms with Gasteiger partial charge in [0.1, 0.15) is 31.0 Å². The van der Waals surface area contributed by atoms with Crippen LogP contribution in [0.3, 0.4) is 0 Å². The number of fused-ring (bicyclic) bond motifs is 4. The molecule has 1 unspecified atom stereocenters. The lowest BCUT2D eigenvalue weighted by atomic mass is 9.83. The largest absolute Gasteiger partial charge is 0.472 e. The lowest BCUT2D eigenvalue weighted by Gasteiger charge is -2.38. The predicted molar refractivity (Wildman–Crippen MR) is 270 cm³/mol. The molecule has 2 rings (SSSR count). The van der Waals surface area contributed by atoms with E-state index in [2.05, 4.69) is 67.7 Å². The Morgan fingerprint density at radius 2 is 1.44 bits per heavy atom. The van der Waals surface area contributed by atoms with Gasteiger partial charge in [0.15, 0.2) is 6.10 Å². The molecule has 0 aromatic carbocycles. The molecule has 2 bridgehead atoms. The highest BCUT2D eigenvalue weighted by molar-refractivity contribution is 7.47. The van der Waals surface area contributed by atoms with Crippen LogP contribution >= 0.6 is 15.6 Å². The second-order valence-electron chi connectivity index (χ2n) is 18.1. The Labute approximate surface area is 425 Å². The molecule has 1 saturated carbocycles. The summed E-state index contributed by atoms with van der Waals surface area (Å²) in [5, 5.41) is 79.9. The van der Waals surface area contributed by atoms with Crippen molar-refractivity contribution in [2.45, 2.75) is 197 Å². The standard InChI is InChI=1S/C51H84O19P2/c1-3-5-7-8-9-10-11-12-13-14-15-16-17-18-19-20-21-22-28-32-45(56)68-39-36-66-44(55)31-27-24-23-26-30-40-42(53)35-43(54)41(34-33-38(52)29-25-6-4-2)47(58)50(69-71(61,62)63)51(49(60)48(59)46(40)57)70-72(64,65)67-37-39/h5,7,9-10,12-13,15-16,18-19,23,26,33-34,38-43,46-54,57-60H,3-4,6,8,11,14,17,20-22,24-25,27-32,35-37H2,1-2H3,(H,64,65)(H2,61,62,63)/b7-5-,10-9-,13-12-,16-15-,19-18-,26-23+,34-33+/t38-,39+,40-,41-,42-,43+,46+,47+,48-,49+,50+,51-/m0/s1. The van der Waals surface area contributed by atoms with Gasteiger partial charge in [0, 0.05) is 31.1 Å². The Morgan fingerprint density at radius 1 is 0.806 bits per heavy atom. The zero-order chi connectivity index (χ0) is 53.4. The van der Waals surface area contributed by atoms with Crippen LogP contribution in [0.15, 0.2) is 85.1 Å². The van der Waals surface area contributed by atoms with Crippen molar-refractivity contribution in [1.29, 1.82) is 0 Å². The Morgan fingerprint density at radius 3 is 2.07 bits per heavy atom. The quantitative estimate of drug-likeness (QED) is 0.0212. The minimum absolute atomic E-state index is 0.0730. The number of rotatable bonds is 24. The molecule has 72 heavy (non-hydrogen) atoms. The van der Waals surface area contributed by atoms with Gasteiger partial charge in [-0.25, -0.2) is 9.13 Å². The maximum atomic E-state index is 13.8. The van der Waals surface area contributed by atoms with E-state index in [0.717, 1.165) is 63.9 Å². The highest BCUT2D eigenvalue weighted by Crippen LogP contribution is 2.50. The number of aliphatic hydroxyl groups is 7. The molecule has 0 aromatic heterocycles. The van der Waals surface area contributed by atoms with Crippen LogP contribution in [0, 0.1) is 11.8 Å². The van der Waals surface area contributed by atoms with Gasteiger partial charge in [-0.05, 0) is 77.0 Å². The molecule has 19 nitrogen and oxygen atoms in total. The maximum absolute atomic E-state index is 13.8. The van der Waals surface area contributed by atoms with Crippen molar-refractivity contribution in [1.82, 2.24) is 0 Å². The van der Waals surface area contributed by atoms with E-state index in [1.54, 1.807) is 6.08 Å². The van der Waals surface area contributed by atoms with Crippen molar-refractivity contribution in [2.75, 3.05) is 13.2 Å². The SMILES string of the molecule is CC/C=C\C/C=C\C/C=C\C/C=C\C/C=C\CCCCCC(=O)O[C@@H]1COC(=O)CCC/C=C/C[C@@H]2[C@@H](O)[C@H](O)[C@@H](O)[C@H](OP(=O)(O)OC1)[C@H](OP(=O)(O)O)[C@H](O)[C@@H](/C=C/[C@@H](O)CCCCC)[C@H](O)C[C@@H]2O. The Bertz CT molecular complexity index is 1830. The van der Waals surface area contributed by atoms with Gasteiger partial charge in [-0.15, -0.1) is 0 Å². The normalized spacial score (nSPS) is 31.3. The number of allylic oxidation sites excluding steroid dienone is 12. The third-order valence-electron chi connectivity index (χ3n) is 12.0. The number of aliphatic hydroxyl groups excluding tert-OH is 7. The summed E-state index contributed by atoms with van der Waals surface area (Å²) in [6.45, 7) is 2.43. The summed E-state index contributed by atoms with van der Waals surface area (Å²) >= 11 is 0. The van der Waals surface area contributed by atoms with Crippen molar-refractivity contribution < 1.29 is 92.2 Å². The number of unbranched alkanes of at least 4 members (excludes halogenated alkanes) is 5. The van der Waals surface area contributed by atoms with E-state index in [0.29, 0.717) is 19.3 Å². The molecule has 1 fully saturated rings. The van der Waals surface area contributed by atoms with Gasteiger partial charge in [-0.3, -0.25) is 23.2 Å². The molecule has 1 aliphatic heterocycles. The van der Waals surface area contributed by atoms with Crippen LogP contribution in [-0.2, 0) is 41.8 Å². The predicted octanol–water partition coefficient (Wildman–Crippen LogP) is 6.55. The number of esters is 2. The van der Waals surface area contributed by atoms with Gasteiger partial charge in [-0.2, -0.15) is 0 Å². The Kier molecular flexibility index (Phi) is 33.4. The van der Waals surface area contributed by atoms with Crippen LogP contribution in [0.25, 0.3) is 0 Å². The van der Waals surface area contributed by atoms with Gasteiger partial charge in [0.25, 0.3) is 0 Å². The van der Waals surface area contributed by atoms with Gasteiger partial charge >= 0.3 is 27.6 Å². The fourth-order valence-corrected chi connectivity index (χ4v) is 9.51. The minimum atomic E-state index is -5.78. The highest BCUT2D eigenvalue weighted by atomic mass is 31.2. The number of hydrogen-bond donors (Lipinski definition) is 10. The Hall–Kier alpha value is -2.94. The van der Waals surface area contributed by atoms with Crippen molar-refractivity contribution in [3.05, 3.63) is 85.1 Å². The van der Waals surface area contributed by atoms with Crippen molar-refractivity contribution in [3.63, 3.8) is 0 Å². The number of phosphoric acid groups is 2. The van der Waals surface area contributed by atoms with Crippen LogP contribution in [-0.4, -0.2) is 137 Å². The van der Waals surface area contributed by atoms with E-state index in [4.69, 9.17) is 23.0 Å². The van der Waals surface area contributed by atoms with E-state index in [-0.39, 0.29) is 38.5 Å². The van der Waals surface area contributed by atoms with Crippen LogP contribution in [0.5, 0.6) is 0 Å². The first-order chi connectivity index (χ1) is 34.3. The molecular weight excluding hydrogens is 978 g/mol. The van der Waals surface area contributed by atoms with E-state index in [1.807, 2.05) is 6.92 Å². The molecule has 412 valence electrons. The fraction of sp³-hybridized carbons (Fsp3) is 0.686. The number of cyclic esters (lactones) is 1. The zero-order valence-electron chi connectivity index (χ0n) is 41.9. The summed E-state index contributed by atoms with van der Waals surface area (Å²) in [6, 6.07) is 0.